The van der Waals surface area contributed by atoms with Crippen LogP contribution >= 0.6 is 11.6 Å². The van der Waals surface area contributed by atoms with Crippen LogP contribution in [-0.4, -0.2) is 25.0 Å². The van der Waals surface area contributed by atoms with Crippen molar-refractivity contribution in [1.29, 1.82) is 0 Å². The fraction of sp³-hybridized carbons (Fsp3) is 0.235. The van der Waals surface area contributed by atoms with Gasteiger partial charge in [0, 0.05) is 11.6 Å². The second-order valence-corrected chi connectivity index (χ2v) is 5.40. The van der Waals surface area contributed by atoms with Crippen molar-refractivity contribution in [1.82, 2.24) is 4.90 Å². The van der Waals surface area contributed by atoms with Gasteiger partial charge in [0.1, 0.15) is 11.9 Å². The zero-order valence-corrected chi connectivity index (χ0v) is 13.2. The minimum atomic E-state index is -0.651. The molecule has 0 aliphatic rings. The molecule has 3 nitrogen and oxygen atoms in total. The number of ether oxygens (including phenoxy) is 1. The average Bonchev–Trinajstić information content (AvgIpc) is 2.49. The Morgan fingerprint density at radius 3 is 2.64 bits per heavy atom. The quantitative estimate of drug-likeness (QED) is 0.784. The lowest BCUT2D eigenvalue weighted by molar-refractivity contribution is -0.147. The molecule has 0 saturated carbocycles. The van der Waals surface area contributed by atoms with E-state index in [-0.39, 0.29) is 5.82 Å². The number of benzene rings is 2. The molecule has 2 aromatic rings. The molecule has 1 unspecified atom stereocenters. The highest BCUT2D eigenvalue weighted by Crippen LogP contribution is 2.28. The van der Waals surface area contributed by atoms with Crippen LogP contribution in [0.15, 0.2) is 48.5 Å². The van der Waals surface area contributed by atoms with Gasteiger partial charge in [-0.2, -0.15) is 0 Å². The van der Waals surface area contributed by atoms with Gasteiger partial charge in [-0.05, 0) is 36.4 Å². The van der Waals surface area contributed by atoms with Gasteiger partial charge < -0.3 is 4.74 Å². The summed E-state index contributed by atoms with van der Waals surface area (Å²) in [6.07, 6.45) is 0. The summed E-state index contributed by atoms with van der Waals surface area (Å²) in [5, 5.41) is 0.490. The van der Waals surface area contributed by atoms with Crippen LogP contribution in [0, 0.1) is 5.82 Å². The van der Waals surface area contributed by atoms with Gasteiger partial charge in [-0.1, -0.05) is 41.9 Å². The van der Waals surface area contributed by atoms with E-state index in [9.17, 15) is 9.18 Å². The Kier molecular flexibility index (Phi) is 5.52. The van der Waals surface area contributed by atoms with Gasteiger partial charge >= 0.3 is 5.97 Å². The van der Waals surface area contributed by atoms with Crippen LogP contribution in [0.2, 0.25) is 5.02 Å². The number of hydrogen-bond acceptors (Lipinski definition) is 3. The number of carbonyl (C=O) groups is 1. The highest BCUT2D eigenvalue weighted by Gasteiger charge is 2.28. The Balaban J connectivity index is 2.29. The number of methoxy groups -OCH3 is 1. The third-order valence-electron chi connectivity index (χ3n) is 3.39. The smallest absolute Gasteiger partial charge is 0.327 e. The number of carbonyl (C=O) groups excluding carboxylic acids is 1. The summed E-state index contributed by atoms with van der Waals surface area (Å²) in [7, 11) is 3.11. The zero-order chi connectivity index (χ0) is 16.1. The molecule has 22 heavy (non-hydrogen) atoms. The van der Waals surface area contributed by atoms with E-state index >= 15 is 0 Å². The summed E-state index contributed by atoms with van der Waals surface area (Å²) in [6, 6.07) is 12.7. The van der Waals surface area contributed by atoms with Gasteiger partial charge in [0.25, 0.3) is 0 Å². The zero-order valence-electron chi connectivity index (χ0n) is 12.4. The number of rotatable bonds is 5. The van der Waals surface area contributed by atoms with Crippen molar-refractivity contribution in [2.45, 2.75) is 12.6 Å². The molecule has 2 aromatic carbocycles. The fourth-order valence-corrected chi connectivity index (χ4v) is 2.61. The lowest BCUT2D eigenvalue weighted by Gasteiger charge is -2.27. The van der Waals surface area contributed by atoms with Gasteiger partial charge in [-0.3, -0.25) is 4.90 Å². The SMILES string of the molecule is COC(=O)C(c1ccccc1Cl)N(C)Cc1cccc(F)c1. The van der Waals surface area contributed by atoms with Crippen LogP contribution in [-0.2, 0) is 16.1 Å². The van der Waals surface area contributed by atoms with E-state index in [1.54, 1.807) is 42.3 Å². The minimum Gasteiger partial charge on any atom is -0.468 e. The number of hydrogen-bond donors (Lipinski definition) is 0. The van der Waals surface area contributed by atoms with Crippen molar-refractivity contribution < 1.29 is 13.9 Å². The van der Waals surface area contributed by atoms with E-state index < -0.39 is 12.0 Å². The van der Waals surface area contributed by atoms with Crippen LogP contribution in [0.25, 0.3) is 0 Å². The highest BCUT2D eigenvalue weighted by molar-refractivity contribution is 6.31. The standard InChI is InChI=1S/C17H17ClFNO2/c1-20(11-12-6-5-7-13(19)10-12)16(17(21)22-2)14-8-3-4-9-15(14)18/h3-10,16H,11H2,1-2H3. The van der Waals surface area contributed by atoms with Crippen molar-refractivity contribution >= 4 is 17.6 Å². The summed E-state index contributed by atoms with van der Waals surface area (Å²) in [4.78, 5) is 13.9. The van der Waals surface area contributed by atoms with Crippen LogP contribution in [0.3, 0.4) is 0 Å². The molecule has 0 bridgehead atoms. The maximum absolute atomic E-state index is 13.3. The van der Waals surface area contributed by atoms with Crippen LogP contribution < -0.4 is 0 Å². The van der Waals surface area contributed by atoms with Crippen molar-refractivity contribution in [2.75, 3.05) is 14.2 Å². The van der Waals surface area contributed by atoms with Gasteiger partial charge in [0.15, 0.2) is 0 Å². The molecule has 0 fully saturated rings. The lowest BCUT2D eigenvalue weighted by atomic mass is 10.0. The molecule has 1 atom stereocenters. The average molecular weight is 322 g/mol. The fourth-order valence-electron chi connectivity index (χ4n) is 2.37. The van der Waals surface area contributed by atoms with Crippen molar-refractivity contribution in [3.05, 3.63) is 70.5 Å². The first-order chi connectivity index (χ1) is 10.5. The second-order valence-electron chi connectivity index (χ2n) is 4.99. The molecule has 0 aliphatic carbocycles. The van der Waals surface area contributed by atoms with Gasteiger partial charge in [0.2, 0.25) is 0 Å². The van der Waals surface area contributed by atoms with E-state index in [1.165, 1.54) is 19.2 Å². The molecule has 5 heteroatoms. The monoisotopic (exact) mass is 321 g/mol. The van der Waals surface area contributed by atoms with Gasteiger partial charge in [0.05, 0.1) is 7.11 Å². The van der Waals surface area contributed by atoms with Crippen molar-refractivity contribution in [3.8, 4) is 0 Å². The largest absolute Gasteiger partial charge is 0.468 e. The number of nitrogens with zero attached hydrogens (tertiary/aromatic N) is 1. The number of esters is 1. The Labute approximate surface area is 134 Å². The summed E-state index contributed by atoms with van der Waals surface area (Å²) in [5.74, 6) is -0.717. The predicted octanol–water partition coefficient (Wildman–Crippen LogP) is 3.83. The summed E-state index contributed by atoms with van der Waals surface area (Å²) >= 11 is 6.20. The third kappa shape index (κ3) is 3.84. The third-order valence-corrected chi connectivity index (χ3v) is 3.73. The van der Waals surface area contributed by atoms with E-state index in [2.05, 4.69) is 0 Å². The summed E-state index contributed by atoms with van der Waals surface area (Å²) in [5.41, 5.74) is 1.43. The Hall–Kier alpha value is -1.91. The first-order valence-corrected chi connectivity index (χ1v) is 7.17. The first-order valence-electron chi connectivity index (χ1n) is 6.80. The van der Waals surface area contributed by atoms with E-state index in [0.717, 1.165) is 5.56 Å². The molecule has 0 radical (unpaired) electrons. The second kappa shape index (κ2) is 7.38. The molecule has 116 valence electrons. The number of likely N-dealkylation sites (N-methyl/N-ethyl adjacent to an activating group) is 1. The number of halogens is 2. The van der Waals surface area contributed by atoms with Gasteiger partial charge in [-0.15, -0.1) is 0 Å². The molecular formula is C17H17ClFNO2. The van der Waals surface area contributed by atoms with Crippen molar-refractivity contribution in [3.63, 3.8) is 0 Å². The molecule has 0 aliphatic heterocycles. The van der Waals surface area contributed by atoms with E-state index in [0.29, 0.717) is 17.1 Å². The van der Waals surface area contributed by atoms with Crippen LogP contribution in [0.5, 0.6) is 0 Å². The molecule has 0 heterocycles. The minimum absolute atomic E-state index is 0.307. The Bertz CT molecular complexity index is 663. The maximum Gasteiger partial charge on any atom is 0.327 e. The lowest BCUT2D eigenvalue weighted by Crippen LogP contribution is -2.31. The topological polar surface area (TPSA) is 29.5 Å². The molecule has 2 rings (SSSR count). The van der Waals surface area contributed by atoms with Crippen LogP contribution in [0.4, 0.5) is 4.39 Å². The summed E-state index contributed by atoms with van der Waals surface area (Å²) in [6.45, 7) is 0.392. The maximum atomic E-state index is 13.3. The van der Waals surface area contributed by atoms with Gasteiger partial charge in [-0.25, -0.2) is 9.18 Å². The molecule has 0 aromatic heterocycles. The van der Waals surface area contributed by atoms with Crippen molar-refractivity contribution in [2.24, 2.45) is 0 Å². The van der Waals surface area contributed by atoms with E-state index in [4.69, 9.17) is 16.3 Å². The first kappa shape index (κ1) is 16.5. The summed E-state index contributed by atoms with van der Waals surface area (Å²) < 4.78 is 18.2. The molecule has 0 N–H and O–H groups in total. The molecule has 0 saturated heterocycles. The molecular weight excluding hydrogens is 305 g/mol. The molecule has 0 amide bonds. The molecule has 0 spiro atoms. The Morgan fingerprint density at radius 1 is 1.27 bits per heavy atom. The predicted molar refractivity (Wildman–Crippen MR) is 84.1 cm³/mol. The normalized spacial score (nSPS) is 12.2. The Morgan fingerprint density at radius 2 is 2.00 bits per heavy atom. The van der Waals surface area contributed by atoms with Crippen LogP contribution in [0.1, 0.15) is 17.2 Å². The highest BCUT2D eigenvalue weighted by atomic mass is 35.5. The van der Waals surface area contributed by atoms with E-state index in [1.807, 2.05) is 6.07 Å².